The van der Waals surface area contributed by atoms with Gasteiger partial charge in [0.15, 0.2) is 0 Å². The lowest BCUT2D eigenvalue weighted by Crippen LogP contribution is -2.31. The Kier molecular flexibility index (Phi) is 3.80. The summed E-state index contributed by atoms with van der Waals surface area (Å²) in [5, 5.41) is 3.15. The first-order valence-electron chi connectivity index (χ1n) is 4.61. The number of hydrogen-bond acceptors (Lipinski definition) is 2. The first kappa shape index (κ1) is 11.7. The van der Waals surface area contributed by atoms with Crippen LogP contribution < -0.4 is 11.1 Å². The number of anilines is 2. The van der Waals surface area contributed by atoms with Crippen LogP contribution in [0.2, 0.25) is 5.02 Å². The Morgan fingerprint density at radius 3 is 2.87 bits per heavy atom. The first-order valence-corrected chi connectivity index (χ1v) is 4.99. The van der Waals surface area contributed by atoms with E-state index < -0.39 is 0 Å². The van der Waals surface area contributed by atoms with Gasteiger partial charge in [-0.2, -0.15) is 0 Å². The highest BCUT2D eigenvalue weighted by Gasteiger charge is 2.08. The van der Waals surface area contributed by atoms with Crippen molar-refractivity contribution in [2.75, 3.05) is 24.6 Å². The number of carbonyl (C=O) groups is 1. The number of rotatable bonds is 2. The summed E-state index contributed by atoms with van der Waals surface area (Å²) in [6.07, 6.45) is 0. The molecule has 0 aliphatic rings. The molecule has 1 aromatic rings. The molecule has 4 nitrogen and oxygen atoms in total. The molecule has 0 unspecified atom stereocenters. The molecule has 0 heterocycles. The fourth-order valence-electron chi connectivity index (χ4n) is 0.993. The van der Waals surface area contributed by atoms with Crippen LogP contribution in [0.4, 0.5) is 16.2 Å². The van der Waals surface area contributed by atoms with Crippen LogP contribution in [0.5, 0.6) is 0 Å². The van der Waals surface area contributed by atoms with Crippen LogP contribution in [-0.2, 0) is 0 Å². The van der Waals surface area contributed by atoms with Crippen molar-refractivity contribution in [3.05, 3.63) is 23.2 Å². The molecule has 1 rings (SSSR count). The predicted molar refractivity (Wildman–Crippen MR) is 63.2 cm³/mol. The smallest absolute Gasteiger partial charge is 0.321 e. The molecular weight excluding hydrogens is 214 g/mol. The van der Waals surface area contributed by atoms with E-state index in [-0.39, 0.29) is 6.03 Å². The Morgan fingerprint density at radius 1 is 1.60 bits per heavy atom. The van der Waals surface area contributed by atoms with E-state index in [2.05, 4.69) is 5.32 Å². The summed E-state index contributed by atoms with van der Waals surface area (Å²) in [4.78, 5) is 13.1. The van der Waals surface area contributed by atoms with Crippen LogP contribution in [0.15, 0.2) is 18.2 Å². The number of nitrogen functional groups attached to an aromatic ring is 1. The van der Waals surface area contributed by atoms with Crippen molar-refractivity contribution in [1.29, 1.82) is 0 Å². The van der Waals surface area contributed by atoms with Crippen molar-refractivity contribution in [2.24, 2.45) is 0 Å². The largest absolute Gasteiger partial charge is 0.399 e. The average molecular weight is 228 g/mol. The highest BCUT2D eigenvalue weighted by Crippen LogP contribution is 2.24. The third-order valence-electron chi connectivity index (χ3n) is 2.05. The molecule has 0 spiro atoms. The number of carbonyl (C=O) groups excluding carboxylic acids is 1. The lowest BCUT2D eigenvalue weighted by Gasteiger charge is -2.16. The minimum atomic E-state index is -0.204. The standard InChI is InChI=1S/C10H14ClN3O/c1-3-14(2)10(15)13-9-6-7(12)4-5-8(9)11/h4-6H,3,12H2,1-2H3,(H,13,15). The van der Waals surface area contributed by atoms with Crippen LogP contribution in [0, 0.1) is 0 Å². The summed E-state index contributed by atoms with van der Waals surface area (Å²) in [6.45, 7) is 2.52. The topological polar surface area (TPSA) is 58.4 Å². The Morgan fingerprint density at radius 2 is 2.27 bits per heavy atom. The molecule has 3 N–H and O–H groups in total. The van der Waals surface area contributed by atoms with Crippen LogP contribution in [0.25, 0.3) is 0 Å². The van der Waals surface area contributed by atoms with E-state index in [0.717, 1.165) is 0 Å². The third kappa shape index (κ3) is 3.02. The Hall–Kier alpha value is -1.42. The quantitative estimate of drug-likeness (QED) is 0.763. The van der Waals surface area contributed by atoms with Crippen molar-refractivity contribution >= 4 is 29.0 Å². The molecule has 5 heteroatoms. The number of nitrogens with two attached hydrogens (primary N) is 1. The number of nitrogens with zero attached hydrogens (tertiary/aromatic N) is 1. The Balaban J connectivity index is 2.80. The van der Waals surface area contributed by atoms with Gasteiger partial charge in [0.2, 0.25) is 0 Å². The molecule has 0 aliphatic heterocycles. The first-order chi connectivity index (χ1) is 7.04. The molecule has 2 amide bonds. The maximum atomic E-state index is 11.5. The van der Waals surface area contributed by atoms with Gasteiger partial charge in [-0.1, -0.05) is 11.6 Å². The second-order valence-electron chi connectivity index (χ2n) is 3.18. The Labute approximate surface area is 94.0 Å². The number of halogens is 1. The second kappa shape index (κ2) is 4.89. The van der Waals surface area contributed by atoms with Crippen molar-refractivity contribution in [2.45, 2.75) is 6.92 Å². The van der Waals surface area contributed by atoms with E-state index in [1.54, 1.807) is 30.1 Å². The second-order valence-corrected chi connectivity index (χ2v) is 3.59. The van der Waals surface area contributed by atoms with Gasteiger partial charge in [0.1, 0.15) is 0 Å². The molecule has 0 bridgehead atoms. The van der Waals surface area contributed by atoms with Gasteiger partial charge >= 0.3 is 6.03 Å². The van der Waals surface area contributed by atoms with Gasteiger partial charge in [-0.3, -0.25) is 0 Å². The number of hydrogen-bond donors (Lipinski definition) is 2. The van der Waals surface area contributed by atoms with Gasteiger partial charge in [0.05, 0.1) is 10.7 Å². The van der Waals surface area contributed by atoms with E-state index in [1.165, 1.54) is 0 Å². The van der Waals surface area contributed by atoms with E-state index in [1.807, 2.05) is 6.92 Å². The van der Waals surface area contributed by atoms with E-state index >= 15 is 0 Å². The summed E-state index contributed by atoms with van der Waals surface area (Å²) < 4.78 is 0. The molecule has 0 aromatic heterocycles. The summed E-state index contributed by atoms with van der Waals surface area (Å²) in [5.41, 5.74) is 6.68. The zero-order chi connectivity index (χ0) is 11.4. The van der Waals surface area contributed by atoms with Gasteiger partial charge in [-0.15, -0.1) is 0 Å². The van der Waals surface area contributed by atoms with Crippen LogP contribution in [0.3, 0.4) is 0 Å². The van der Waals surface area contributed by atoms with Crippen molar-refractivity contribution in [3.8, 4) is 0 Å². The van der Waals surface area contributed by atoms with Gasteiger partial charge < -0.3 is 16.0 Å². The minimum absolute atomic E-state index is 0.204. The predicted octanol–water partition coefficient (Wildman–Crippen LogP) is 2.41. The van der Waals surface area contributed by atoms with Gasteiger partial charge in [0, 0.05) is 19.3 Å². The van der Waals surface area contributed by atoms with E-state index in [0.29, 0.717) is 22.9 Å². The Bertz CT molecular complexity index is 368. The number of amides is 2. The maximum Gasteiger partial charge on any atom is 0.321 e. The SMILES string of the molecule is CCN(C)C(=O)Nc1cc(N)ccc1Cl. The molecule has 0 radical (unpaired) electrons. The summed E-state index contributed by atoms with van der Waals surface area (Å²) in [5.74, 6) is 0. The normalized spacial score (nSPS) is 9.80. The molecule has 15 heavy (non-hydrogen) atoms. The van der Waals surface area contributed by atoms with E-state index in [9.17, 15) is 4.79 Å². The fourth-order valence-corrected chi connectivity index (χ4v) is 1.16. The minimum Gasteiger partial charge on any atom is -0.399 e. The highest BCUT2D eigenvalue weighted by atomic mass is 35.5. The molecule has 0 saturated carbocycles. The average Bonchev–Trinajstić information content (AvgIpc) is 2.22. The number of benzene rings is 1. The molecule has 0 saturated heterocycles. The molecule has 0 atom stereocenters. The number of nitrogens with one attached hydrogen (secondary N) is 1. The molecular formula is C10H14ClN3O. The van der Waals surface area contributed by atoms with Gasteiger partial charge in [0.25, 0.3) is 0 Å². The zero-order valence-corrected chi connectivity index (χ0v) is 9.51. The summed E-state index contributed by atoms with van der Waals surface area (Å²) in [6, 6.07) is 4.76. The van der Waals surface area contributed by atoms with Gasteiger partial charge in [-0.05, 0) is 25.1 Å². The highest BCUT2D eigenvalue weighted by molar-refractivity contribution is 6.33. The molecule has 0 fully saturated rings. The molecule has 1 aromatic carbocycles. The van der Waals surface area contributed by atoms with Gasteiger partial charge in [-0.25, -0.2) is 4.79 Å². The van der Waals surface area contributed by atoms with E-state index in [4.69, 9.17) is 17.3 Å². The number of urea groups is 1. The maximum absolute atomic E-state index is 11.5. The van der Waals surface area contributed by atoms with Crippen molar-refractivity contribution in [1.82, 2.24) is 4.90 Å². The lowest BCUT2D eigenvalue weighted by atomic mass is 10.3. The van der Waals surface area contributed by atoms with Crippen molar-refractivity contribution in [3.63, 3.8) is 0 Å². The fraction of sp³-hybridized carbons (Fsp3) is 0.300. The lowest BCUT2D eigenvalue weighted by molar-refractivity contribution is 0.224. The van der Waals surface area contributed by atoms with Crippen LogP contribution in [0.1, 0.15) is 6.92 Å². The summed E-state index contributed by atoms with van der Waals surface area (Å²) in [7, 11) is 1.70. The molecule has 82 valence electrons. The third-order valence-corrected chi connectivity index (χ3v) is 2.38. The van der Waals surface area contributed by atoms with Crippen molar-refractivity contribution < 1.29 is 4.79 Å². The summed E-state index contributed by atoms with van der Waals surface area (Å²) >= 11 is 5.90. The van der Waals surface area contributed by atoms with Crippen LogP contribution in [-0.4, -0.2) is 24.5 Å². The molecule has 0 aliphatic carbocycles. The monoisotopic (exact) mass is 227 g/mol. The zero-order valence-electron chi connectivity index (χ0n) is 8.75. The van der Waals surface area contributed by atoms with Crippen LogP contribution >= 0.6 is 11.6 Å².